The van der Waals surface area contributed by atoms with Crippen LogP contribution in [0.1, 0.15) is 38.5 Å². The summed E-state index contributed by atoms with van der Waals surface area (Å²) < 4.78 is 5.45. The van der Waals surface area contributed by atoms with Crippen LogP contribution in [0.4, 0.5) is 0 Å². The van der Waals surface area contributed by atoms with Gasteiger partial charge in [0.25, 0.3) is 0 Å². The summed E-state index contributed by atoms with van der Waals surface area (Å²) in [6.45, 7) is 3.16. The van der Waals surface area contributed by atoms with Gasteiger partial charge >= 0.3 is 0 Å². The monoisotopic (exact) mass is 289 g/mol. The molecule has 0 aliphatic heterocycles. The van der Waals surface area contributed by atoms with Crippen molar-refractivity contribution in [3.63, 3.8) is 0 Å². The molecule has 2 heterocycles. The van der Waals surface area contributed by atoms with Gasteiger partial charge in [0.05, 0.1) is 11.4 Å². The summed E-state index contributed by atoms with van der Waals surface area (Å²) in [5.74, 6) is 2.37. The first-order valence-corrected chi connectivity index (χ1v) is 8.31. The van der Waals surface area contributed by atoms with Crippen LogP contribution < -0.4 is 0 Å². The van der Waals surface area contributed by atoms with Gasteiger partial charge in [-0.2, -0.15) is 4.98 Å². The molecule has 5 heteroatoms. The minimum Gasteiger partial charge on any atom is -0.338 e. The predicted molar refractivity (Wildman–Crippen MR) is 78.4 cm³/mol. The van der Waals surface area contributed by atoms with Gasteiger partial charge in [0.1, 0.15) is 0 Å². The maximum Gasteiger partial charge on any atom is 0.241 e. The van der Waals surface area contributed by atoms with E-state index in [4.69, 9.17) is 4.52 Å². The minimum absolute atomic E-state index is 0.652. The third-order valence-corrected chi connectivity index (χ3v) is 5.24. The zero-order valence-electron chi connectivity index (χ0n) is 11.7. The molecule has 0 saturated heterocycles. The van der Waals surface area contributed by atoms with Crippen molar-refractivity contribution >= 4 is 11.3 Å². The fourth-order valence-corrected chi connectivity index (χ4v) is 3.49. The lowest BCUT2D eigenvalue weighted by Gasteiger charge is -2.27. The third-order valence-electron chi connectivity index (χ3n) is 4.37. The normalized spacial score (nSPS) is 20.5. The van der Waals surface area contributed by atoms with E-state index in [0.29, 0.717) is 6.04 Å². The van der Waals surface area contributed by atoms with Gasteiger partial charge in [-0.3, -0.25) is 4.90 Å². The van der Waals surface area contributed by atoms with Crippen molar-refractivity contribution in [2.45, 2.75) is 51.2 Å². The minimum atomic E-state index is 0.652. The van der Waals surface area contributed by atoms with Gasteiger partial charge in [-0.1, -0.05) is 11.2 Å². The van der Waals surface area contributed by atoms with E-state index in [-0.39, 0.29) is 0 Å². The fraction of sp³-hybridized carbons (Fsp3) is 0.600. The molecule has 1 atom stereocenters. The third kappa shape index (κ3) is 2.52. The molecule has 0 aromatic carbocycles. The first-order valence-electron chi connectivity index (χ1n) is 7.43. The van der Waals surface area contributed by atoms with Crippen molar-refractivity contribution in [1.82, 2.24) is 15.0 Å². The Kier molecular flexibility index (Phi) is 3.11. The van der Waals surface area contributed by atoms with Crippen molar-refractivity contribution in [3.05, 3.63) is 23.4 Å². The van der Waals surface area contributed by atoms with Gasteiger partial charge < -0.3 is 4.52 Å². The Bertz CT molecular complexity index is 572. The van der Waals surface area contributed by atoms with Gasteiger partial charge in [-0.15, -0.1) is 11.3 Å². The van der Waals surface area contributed by atoms with Crippen LogP contribution in [0.25, 0.3) is 10.7 Å². The van der Waals surface area contributed by atoms with Crippen LogP contribution in [0.15, 0.2) is 22.0 Å². The second-order valence-corrected chi connectivity index (χ2v) is 6.92. The van der Waals surface area contributed by atoms with E-state index in [1.807, 2.05) is 17.5 Å². The molecular formula is C15H19N3OS. The van der Waals surface area contributed by atoms with Crippen LogP contribution in [-0.2, 0) is 6.54 Å². The molecule has 0 unspecified atom stereocenters. The van der Waals surface area contributed by atoms with Crippen LogP contribution in [0, 0.1) is 5.92 Å². The van der Waals surface area contributed by atoms with Gasteiger partial charge in [0.15, 0.2) is 0 Å². The Morgan fingerprint density at radius 1 is 1.40 bits per heavy atom. The van der Waals surface area contributed by atoms with E-state index in [2.05, 4.69) is 22.0 Å². The molecule has 2 aliphatic carbocycles. The molecule has 4 nitrogen and oxygen atoms in total. The highest BCUT2D eigenvalue weighted by Gasteiger charge is 2.39. The number of aromatic nitrogens is 2. The molecule has 0 amide bonds. The molecule has 2 saturated carbocycles. The second kappa shape index (κ2) is 4.97. The molecule has 0 N–H and O–H groups in total. The fourth-order valence-electron chi connectivity index (χ4n) is 2.84. The zero-order valence-corrected chi connectivity index (χ0v) is 12.5. The van der Waals surface area contributed by atoms with Crippen molar-refractivity contribution in [1.29, 1.82) is 0 Å². The summed E-state index contributed by atoms with van der Waals surface area (Å²) in [4.78, 5) is 8.21. The number of rotatable bonds is 6. The molecule has 2 aromatic heterocycles. The quantitative estimate of drug-likeness (QED) is 0.815. The Labute approximate surface area is 122 Å². The molecule has 20 heavy (non-hydrogen) atoms. The van der Waals surface area contributed by atoms with Crippen molar-refractivity contribution in [3.8, 4) is 10.7 Å². The van der Waals surface area contributed by atoms with Crippen LogP contribution in [0.3, 0.4) is 0 Å². The lowest BCUT2D eigenvalue weighted by Crippen LogP contribution is -2.36. The number of hydrogen-bond donors (Lipinski definition) is 0. The molecule has 0 bridgehead atoms. The number of nitrogens with zero attached hydrogens (tertiary/aromatic N) is 3. The van der Waals surface area contributed by atoms with Crippen molar-refractivity contribution in [2.24, 2.45) is 5.92 Å². The van der Waals surface area contributed by atoms with E-state index >= 15 is 0 Å². The lowest BCUT2D eigenvalue weighted by molar-refractivity contribution is 0.149. The SMILES string of the molecule is C[C@H](C1CC1)N(Cc1nc(-c2cccs2)no1)C1CC1. The molecule has 4 rings (SSSR count). The Balaban J connectivity index is 1.49. The summed E-state index contributed by atoms with van der Waals surface area (Å²) in [6, 6.07) is 5.44. The zero-order chi connectivity index (χ0) is 13.5. The predicted octanol–water partition coefficient (Wildman–Crippen LogP) is 3.56. The van der Waals surface area contributed by atoms with Gasteiger partial charge in [-0.05, 0) is 50.0 Å². The summed E-state index contributed by atoms with van der Waals surface area (Å²) in [7, 11) is 0. The maximum absolute atomic E-state index is 5.45. The summed E-state index contributed by atoms with van der Waals surface area (Å²) >= 11 is 1.65. The van der Waals surface area contributed by atoms with Crippen LogP contribution in [-0.4, -0.2) is 27.1 Å². The first-order chi connectivity index (χ1) is 9.81. The molecule has 0 spiro atoms. The average molecular weight is 289 g/mol. The average Bonchev–Trinajstić information content (AvgIpc) is 3.37. The number of hydrogen-bond acceptors (Lipinski definition) is 5. The van der Waals surface area contributed by atoms with Gasteiger partial charge in [0, 0.05) is 12.1 Å². The lowest BCUT2D eigenvalue weighted by atomic mass is 10.2. The van der Waals surface area contributed by atoms with E-state index in [1.165, 1.54) is 25.7 Å². The topological polar surface area (TPSA) is 42.2 Å². The van der Waals surface area contributed by atoms with E-state index < -0.39 is 0 Å². The highest BCUT2D eigenvalue weighted by molar-refractivity contribution is 7.13. The van der Waals surface area contributed by atoms with Crippen LogP contribution in [0.2, 0.25) is 0 Å². The highest BCUT2D eigenvalue weighted by atomic mass is 32.1. The molecule has 2 aliphatic rings. The van der Waals surface area contributed by atoms with E-state index in [1.54, 1.807) is 11.3 Å². The number of thiophene rings is 1. The van der Waals surface area contributed by atoms with Gasteiger partial charge in [-0.25, -0.2) is 0 Å². The molecule has 0 radical (unpaired) electrons. The molecule has 2 aromatic rings. The summed E-state index contributed by atoms with van der Waals surface area (Å²) in [5.41, 5.74) is 0. The molecular weight excluding hydrogens is 270 g/mol. The first kappa shape index (κ1) is 12.5. The second-order valence-electron chi connectivity index (χ2n) is 5.97. The van der Waals surface area contributed by atoms with Crippen LogP contribution >= 0.6 is 11.3 Å². The van der Waals surface area contributed by atoms with E-state index in [0.717, 1.165) is 35.1 Å². The van der Waals surface area contributed by atoms with Crippen molar-refractivity contribution < 1.29 is 4.52 Å². The summed E-state index contributed by atoms with van der Waals surface area (Å²) in [5, 5.41) is 6.15. The van der Waals surface area contributed by atoms with Gasteiger partial charge in [0.2, 0.25) is 11.7 Å². The van der Waals surface area contributed by atoms with Crippen LogP contribution in [0.5, 0.6) is 0 Å². The van der Waals surface area contributed by atoms with E-state index in [9.17, 15) is 0 Å². The Morgan fingerprint density at radius 3 is 2.90 bits per heavy atom. The molecule has 2 fully saturated rings. The standard InChI is InChI=1S/C15H19N3OS/c1-10(11-4-5-11)18(12-6-7-12)9-14-16-15(17-19-14)13-3-2-8-20-13/h2-3,8,10-12H,4-7,9H2,1H3/t10-/m1/s1. The Hall–Kier alpha value is -1.20. The largest absolute Gasteiger partial charge is 0.338 e. The molecule has 106 valence electrons. The highest BCUT2D eigenvalue weighted by Crippen LogP contribution is 2.40. The maximum atomic E-state index is 5.45. The Morgan fingerprint density at radius 2 is 2.25 bits per heavy atom. The van der Waals surface area contributed by atoms with Crippen molar-refractivity contribution in [2.75, 3.05) is 0 Å². The summed E-state index contributed by atoms with van der Waals surface area (Å²) in [6.07, 6.45) is 5.41. The smallest absolute Gasteiger partial charge is 0.241 e.